The first-order valence-corrected chi connectivity index (χ1v) is 4.15. The summed E-state index contributed by atoms with van der Waals surface area (Å²) in [6.07, 6.45) is 0. The molecule has 0 saturated carbocycles. The number of hydrogen-bond donors (Lipinski definition) is 0. The van der Waals surface area contributed by atoms with Crippen LogP contribution in [-0.2, 0) is 0 Å². The van der Waals surface area contributed by atoms with Gasteiger partial charge in [-0.3, -0.25) is 0 Å². The fourth-order valence-corrected chi connectivity index (χ4v) is 0.925. The van der Waals surface area contributed by atoms with E-state index in [9.17, 15) is 17.3 Å². The second-order valence-corrected chi connectivity index (χ2v) is 2.75. The van der Waals surface area contributed by atoms with Gasteiger partial charge in [-0.15, -0.1) is 0 Å². The highest BCUT2D eigenvalue weighted by Gasteiger charge is 2.20. The van der Waals surface area contributed by atoms with E-state index in [1.807, 2.05) is 6.92 Å². The number of hydrogen-bond acceptors (Lipinski definition) is 2. The van der Waals surface area contributed by atoms with Gasteiger partial charge in [-0.25, -0.2) is 0 Å². The number of ether oxygens (including phenoxy) is 1. The van der Waals surface area contributed by atoms with Crippen LogP contribution in [-0.4, -0.2) is 14.4 Å². The summed E-state index contributed by atoms with van der Waals surface area (Å²) in [6.45, 7) is 1.90. The van der Waals surface area contributed by atoms with Crippen molar-refractivity contribution in [3.05, 3.63) is 28.7 Å². The number of methoxy groups -OCH3 is 1. The molecule has 0 atom stereocenters. The zero-order chi connectivity index (χ0) is 12.8. The third-order valence-corrected chi connectivity index (χ3v) is 1.49. The van der Waals surface area contributed by atoms with E-state index >= 15 is 0 Å². The van der Waals surface area contributed by atoms with Crippen molar-refractivity contribution in [2.75, 3.05) is 7.11 Å². The largest absolute Gasteiger partial charge is 0.673 e. The van der Waals surface area contributed by atoms with E-state index in [-0.39, 0.29) is 0 Å². The molecule has 0 amide bonds. The fraction of sp³-hybridized carbons (Fsp3) is 0.250. The predicted molar refractivity (Wildman–Crippen MR) is 52.7 cm³/mol. The lowest BCUT2D eigenvalue weighted by Crippen LogP contribution is -2.02. The second-order valence-electron chi connectivity index (χ2n) is 2.75. The van der Waals surface area contributed by atoms with E-state index in [1.54, 1.807) is 25.3 Å². The Hall–Kier alpha value is -1.78. The van der Waals surface area contributed by atoms with Crippen molar-refractivity contribution in [1.29, 1.82) is 5.39 Å². The summed E-state index contributed by atoms with van der Waals surface area (Å²) in [6, 6.07) is 5.20. The highest BCUT2D eigenvalue weighted by atomic mass is 19.5. The molecule has 3 nitrogen and oxygen atoms in total. The first-order chi connectivity index (χ1) is 7.27. The van der Waals surface area contributed by atoms with Gasteiger partial charge in [0.15, 0.2) is 4.98 Å². The Bertz CT molecular complexity index is 383. The van der Waals surface area contributed by atoms with Gasteiger partial charge in [0.2, 0.25) is 5.39 Å². The molecule has 0 aliphatic carbocycles. The molecule has 0 unspecified atom stereocenters. The lowest BCUT2D eigenvalue weighted by molar-refractivity contribution is 0.368. The Morgan fingerprint density at radius 2 is 1.75 bits per heavy atom. The molecule has 1 rings (SSSR count). The van der Waals surface area contributed by atoms with Crippen molar-refractivity contribution >= 4 is 12.9 Å². The van der Waals surface area contributed by atoms with Crippen LogP contribution in [0.3, 0.4) is 0 Å². The van der Waals surface area contributed by atoms with Crippen LogP contribution in [0, 0.1) is 12.3 Å². The molecule has 0 aliphatic heterocycles. The zero-order valence-corrected chi connectivity index (χ0v) is 8.62. The van der Waals surface area contributed by atoms with Crippen LogP contribution in [0.1, 0.15) is 5.56 Å². The monoisotopic (exact) mass is 236 g/mol. The summed E-state index contributed by atoms with van der Waals surface area (Å²) in [5.74, 6) is 0.803. The highest BCUT2D eigenvalue weighted by Crippen LogP contribution is 2.22. The van der Waals surface area contributed by atoms with Gasteiger partial charge >= 0.3 is 12.9 Å². The molecule has 0 spiro atoms. The number of halogens is 4. The predicted octanol–water partition coefficient (Wildman–Crippen LogP) is 3.79. The first-order valence-electron chi connectivity index (χ1n) is 4.15. The van der Waals surface area contributed by atoms with Crippen LogP contribution in [0.5, 0.6) is 5.75 Å². The van der Waals surface area contributed by atoms with Crippen LogP contribution in [0.4, 0.5) is 23.0 Å². The van der Waals surface area contributed by atoms with Crippen LogP contribution < -0.4 is 4.74 Å². The lowest BCUT2D eigenvalue weighted by Gasteiger charge is -1.99. The maximum absolute atomic E-state index is 9.75. The van der Waals surface area contributed by atoms with Crippen molar-refractivity contribution in [2.24, 2.45) is 0 Å². The molecule has 8 heteroatoms. The first kappa shape index (κ1) is 14.2. The molecule has 0 radical (unpaired) electrons. The van der Waals surface area contributed by atoms with Gasteiger partial charge in [-0.1, -0.05) is 0 Å². The second kappa shape index (κ2) is 5.95. The molecule has 0 bridgehead atoms. The number of rotatable bonds is 1. The third kappa shape index (κ3) is 6.65. The molecule has 0 saturated heterocycles. The van der Waals surface area contributed by atoms with Gasteiger partial charge in [0.1, 0.15) is 5.75 Å². The van der Waals surface area contributed by atoms with Crippen LogP contribution in [0.2, 0.25) is 0 Å². The molecule has 0 N–H and O–H groups in total. The number of nitrogens with zero attached hydrogens (tertiary/aromatic N) is 2. The van der Waals surface area contributed by atoms with Gasteiger partial charge in [-0.2, -0.15) is 0 Å². The zero-order valence-electron chi connectivity index (χ0n) is 8.62. The van der Waals surface area contributed by atoms with Crippen molar-refractivity contribution in [1.82, 2.24) is 0 Å². The van der Waals surface area contributed by atoms with Crippen LogP contribution in [0.25, 0.3) is 4.98 Å². The maximum atomic E-state index is 9.75. The van der Waals surface area contributed by atoms with E-state index in [1.165, 1.54) is 0 Å². The average Bonchev–Trinajstić information content (AvgIpc) is 2.15. The average molecular weight is 236 g/mol. The Morgan fingerprint density at radius 3 is 2.06 bits per heavy atom. The summed E-state index contributed by atoms with van der Waals surface area (Å²) in [7, 11) is -4.39. The van der Waals surface area contributed by atoms with E-state index in [2.05, 4.69) is 4.98 Å². The van der Waals surface area contributed by atoms with Crippen molar-refractivity contribution in [2.45, 2.75) is 6.92 Å². The molecule has 0 heterocycles. The smallest absolute Gasteiger partial charge is 0.496 e. The van der Waals surface area contributed by atoms with Gasteiger partial charge < -0.3 is 22.0 Å². The lowest BCUT2D eigenvalue weighted by atomic mass is 10.2. The maximum Gasteiger partial charge on any atom is 0.673 e. The normalized spacial score (nSPS) is 9.81. The summed E-state index contributed by atoms with van der Waals surface area (Å²) in [4.78, 5) is 3.05. The van der Waals surface area contributed by atoms with E-state index in [0.717, 1.165) is 11.3 Å². The molecular formula is C8H9BF4N2O. The van der Waals surface area contributed by atoms with Crippen LogP contribution >= 0.6 is 0 Å². The fourth-order valence-electron chi connectivity index (χ4n) is 0.925. The number of diazo groups is 1. The molecule has 1 aromatic carbocycles. The molecule has 16 heavy (non-hydrogen) atoms. The summed E-state index contributed by atoms with van der Waals surface area (Å²) in [5, 5.41) is 8.41. The van der Waals surface area contributed by atoms with Gasteiger partial charge in [0.05, 0.1) is 7.11 Å². The summed E-state index contributed by atoms with van der Waals surface area (Å²) < 4.78 is 44.0. The third-order valence-electron chi connectivity index (χ3n) is 1.49. The molecule has 1 aromatic rings. The molecule has 0 aromatic heterocycles. The number of aryl methyl sites for hydroxylation is 1. The highest BCUT2D eigenvalue weighted by molar-refractivity contribution is 6.50. The standard InChI is InChI=1S/C8H9N2O.BF4/c1-6-5-7(10-9)3-4-8(6)11-2;2-1(3,4)5/h3-5H,1-2H3;/q+1;-1. The Balaban J connectivity index is 0.000000385. The quantitative estimate of drug-likeness (QED) is 0.422. The summed E-state index contributed by atoms with van der Waals surface area (Å²) >= 11 is 0. The Labute approximate surface area is 89.8 Å². The molecule has 0 fully saturated rings. The molecule has 88 valence electrons. The van der Waals surface area contributed by atoms with E-state index in [4.69, 9.17) is 10.1 Å². The topological polar surface area (TPSA) is 37.4 Å². The molecule has 0 aliphatic rings. The minimum Gasteiger partial charge on any atom is -0.496 e. The van der Waals surface area contributed by atoms with Gasteiger partial charge in [-0.05, 0) is 18.6 Å². The Kier molecular flexibility index (Phi) is 5.29. The molecular weight excluding hydrogens is 227 g/mol. The van der Waals surface area contributed by atoms with Crippen molar-refractivity contribution in [3.63, 3.8) is 0 Å². The number of benzene rings is 1. The minimum atomic E-state index is -6.00. The SMILES string of the molecule is COc1ccc([N+]#N)cc1C.F[B-](F)(F)F. The van der Waals surface area contributed by atoms with Gasteiger partial charge in [0.25, 0.3) is 0 Å². The van der Waals surface area contributed by atoms with Crippen molar-refractivity contribution in [3.8, 4) is 5.75 Å². The van der Waals surface area contributed by atoms with Crippen molar-refractivity contribution < 1.29 is 22.0 Å². The van der Waals surface area contributed by atoms with E-state index in [0.29, 0.717) is 5.69 Å². The van der Waals surface area contributed by atoms with Gasteiger partial charge in [0, 0.05) is 12.1 Å². The van der Waals surface area contributed by atoms with Crippen LogP contribution in [0.15, 0.2) is 18.2 Å². The summed E-state index contributed by atoms with van der Waals surface area (Å²) in [5.41, 5.74) is 1.51. The van der Waals surface area contributed by atoms with E-state index < -0.39 is 7.25 Å². The Morgan fingerprint density at radius 1 is 1.25 bits per heavy atom. The minimum absolute atomic E-state index is 0.545.